The molecule has 1 aromatic heterocycles. The van der Waals surface area contributed by atoms with Gasteiger partial charge in [-0.05, 0) is 35.7 Å². The van der Waals surface area contributed by atoms with E-state index in [2.05, 4.69) is 59.1 Å². The molecule has 0 spiro atoms. The summed E-state index contributed by atoms with van der Waals surface area (Å²) in [6.45, 7) is 1.96. The molecule has 1 N–H and O–H groups in total. The summed E-state index contributed by atoms with van der Waals surface area (Å²) in [5.41, 5.74) is 7.28. The summed E-state index contributed by atoms with van der Waals surface area (Å²) in [6, 6.07) is 20.7. The van der Waals surface area contributed by atoms with Crippen molar-refractivity contribution in [3.8, 4) is 22.5 Å². The summed E-state index contributed by atoms with van der Waals surface area (Å²) >= 11 is 0. The van der Waals surface area contributed by atoms with Gasteiger partial charge in [-0.1, -0.05) is 48.5 Å². The van der Waals surface area contributed by atoms with Crippen molar-refractivity contribution in [2.75, 3.05) is 7.05 Å². The maximum absolute atomic E-state index is 5.65. The molecule has 2 aromatic carbocycles. The Bertz CT molecular complexity index is 768. The minimum Gasteiger partial charge on any atom is -0.461 e. The van der Waals surface area contributed by atoms with Crippen molar-refractivity contribution in [3.63, 3.8) is 0 Å². The number of hydrogen-bond acceptors (Lipinski definition) is 3. The van der Waals surface area contributed by atoms with Gasteiger partial charge in [0.2, 0.25) is 0 Å². The van der Waals surface area contributed by atoms with Crippen molar-refractivity contribution in [2.45, 2.75) is 6.92 Å². The van der Waals surface area contributed by atoms with Crippen LogP contribution in [-0.4, -0.2) is 13.3 Å². The number of furan rings is 1. The minimum absolute atomic E-state index is 0.905. The number of hydrogen-bond donors (Lipinski definition) is 1. The summed E-state index contributed by atoms with van der Waals surface area (Å²) < 4.78 is 5.65. The Morgan fingerprint density at radius 3 is 1.95 bits per heavy atom. The molecule has 3 nitrogen and oxygen atoms in total. The Labute approximate surface area is 130 Å². The van der Waals surface area contributed by atoms with Crippen LogP contribution in [0.15, 0.2) is 70.2 Å². The molecule has 0 atom stereocenters. The molecule has 3 aromatic rings. The van der Waals surface area contributed by atoms with E-state index >= 15 is 0 Å². The summed E-state index contributed by atoms with van der Waals surface area (Å²) in [5.74, 6) is 1.83. The third-order valence-electron chi connectivity index (χ3n) is 3.50. The molecule has 0 unspecified atom stereocenters. The number of nitrogens with one attached hydrogen (secondary N) is 1. The number of aryl methyl sites for hydroxylation is 1. The fourth-order valence-corrected chi connectivity index (χ4v) is 2.32. The molecule has 0 fully saturated rings. The molecule has 0 radical (unpaired) electrons. The molecule has 22 heavy (non-hydrogen) atoms. The Hall–Kier alpha value is -2.81. The van der Waals surface area contributed by atoms with E-state index in [1.54, 1.807) is 13.3 Å². The molecule has 0 aliphatic carbocycles. The molecule has 0 bridgehead atoms. The van der Waals surface area contributed by atoms with Crippen molar-refractivity contribution in [1.29, 1.82) is 0 Å². The lowest BCUT2D eigenvalue weighted by Crippen LogP contribution is -1.94. The van der Waals surface area contributed by atoms with Gasteiger partial charge in [-0.2, -0.15) is 5.10 Å². The average Bonchev–Trinajstić information content (AvgIpc) is 3.00. The maximum atomic E-state index is 5.65. The highest BCUT2D eigenvalue weighted by Gasteiger charge is 2.03. The predicted molar refractivity (Wildman–Crippen MR) is 91.0 cm³/mol. The second kappa shape index (κ2) is 6.31. The number of rotatable bonds is 4. The first-order valence-corrected chi connectivity index (χ1v) is 7.23. The van der Waals surface area contributed by atoms with Crippen molar-refractivity contribution in [1.82, 2.24) is 5.43 Å². The molecule has 0 aliphatic rings. The Kier molecular flexibility index (Phi) is 4.05. The van der Waals surface area contributed by atoms with Crippen LogP contribution in [0.2, 0.25) is 0 Å². The summed E-state index contributed by atoms with van der Waals surface area (Å²) in [7, 11) is 1.78. The van der Waals surface area contributed by atoms with Gasteiger partial charge in [0, 0.05) is 12.6 Å². The molecule has 0 amide bonds. The number of nitrogens with zero attached hydrogens (tertiary/aromatic N) is 1. The second-order valence-electron chi connectivity index (χ2n) is 5.09. The van der Waals surface area contributed by atoms with Crippen LogP contribution in [0.25, 0.3) is 22.5 Å². The molecule has 1 heterocycles. The number of hydrazone groups is 1. The van der Waals surface area contributed by atoms with Gasteiger partial charge < -0.3 is 9.84 Å². The molecular formula is C19H18N2O. The SMILES string of the molecule is CN/N=C/c1ccc(-c2ccc(-c3ccc(C)o3)cc2)cc1. The quantitative estimate of drug-likeness (QED) is 0.568. The zero-order valence-electron chi connectivity index (χ0n) is 12.7. The molecule has 0 saturated heterocycles. The second-order valence-corrected chi connectivity index (χ2v) is 5.09. The lowest BCUT2D eigenvalue weighted by molar-refractivity contribution is 0.548. The van der Waals surface area contributed by atoms with E-state index in [1.165, 1.54) is 11.1 Å². The van der Waals surface area contributed by atoms with Gasteiger partial charge >= 0.3 is 0 Å². The first-order valence-electron chi connectivity index (χ1n) is 7.23. The van der Waals surface area contributed by atoms with Gasteiger partial charge in [-0.25, -0.2) is 0 Å². The van der Waals surface area contributed by atoms with Crippen LogP contribution in [0.1, 0.15) is 11.3 Å². The van der Waals surface area contributed by atoms with E-state index in [4.69, 9.17) is 4.42 Å². The topological polar surface area (TPSA) is 37.5 Å². The molecule has 0 aliphatic heterocycles. The zero-order chi connectivity index (χ0) is 15.4. The van der Waals surface area contributed by atoms with E-state index in [9.17, 15) is 0 Å². The van der Waals surface area contributed by atoms with Gasteiger partial charge in [0.15, 0.2) is 0 Å². The van der Waals surface area contributed by atoms with Crippen molar-refractivity contribution in [3.05, 3.63) is 72.0 Å². The normalized spacial score (nSPS) is 11.0. The van der Waals surface area contributed by atoms with Crippen molar-refractivity contribution >= 4 is 6.21 Å². The first-order chi connectivity index (χ1) is 10.8. The van der Waals surface area contributed by atoms with Gasteiger partial charge in [0.05, 0.1) is 6.21 Å². The van der Waals surface area contributed by atoms with Crippen LogP contribution in [-0.2, 0) is 0 Å². The third kappa shape index (κ3) is 3.09. The molecular weight excluding hydrogens is 272 g/mol. The van der Waals surface area contributed by atoms with E-state index in [0.29, 0.717) is 0 Å². The zero-order valence-corrected chi connectivity index (χ0v) is 12.7. The Balaban J connectivity index is 1.82. The van der Waals surface area contributed by atoms with E-state index < -0.39 is 0 Å². The monoisotopic (exact) mass is 290 g/mol. The smallest absolute Gasteiger partial charge is 0.134 e. The fourth-order valence-electron chi connectivity index (χ4n) is 2.32. The standard InChI is InChI=1S/C19H18N2O/c1-14-3-12-19(22-14)18-10-8-17(9-11-18)16-6-4-15(5-7-16)13-21-20-2/h3-13,20H,1-2H3/b21-13+. The average molecular weight is 290 g/mol. The van der Waals surface area contributed by atoms with E-state index in [0.717, 1.165) is 22.6 Å². The largest absolute Gasteiger partial charge is 0.461 e. The lowest BCUT2D eigenvalue weighted by Gasteiger charge is -2.04. The molecule has 3 heteroatoms. The first kappa shape index (κ1) is 14.1. The maximum Gasteiger partial charge on any atom is 0.134 e. The predicted octanol–water partition coefficient (Wildman–Crippen LogP) is 4.48. The summed E-state index contributed by atoms with van der Waals surface area (Å²) in [5, 5.41) is 4.01. The van der Waals surface area contributed by atoms with Gasteiger partial charge in [0.1, 0.15) is 11.5 Å². The molecule has 0 saturated carbocycles. The van der Waals surface area contributed by atoms with Crippen LogP contribution in [0, 0.1) is 6.92 Å². The Morgan fingerprint density at radius 1 is 0.818 bits per heavy atom. The van der Waals surface area contributed by atoms with Gasteiger partial charge in [-0.3, -0.25) is 0 Å². The third-order valence-corrected chi connectivity index (χ3v) is 3.50. The summed E-state index contributed by atoms with van der Waals surface area (Å²) in [4.78, 5) is 0. The van der Waals surface area contributed by atoms with Gasteiger partial charge in [0.25, 0.3) is 0 Å². The minimum atomic E-state index is 0.905. The van der Waals surface area contributed by atoms with E-state index in [-0.39, 0.29) is 0 Å². The van der Waals surface area contributed by atoms with Crippen LogP contribution in [0.3, 0.4) is 0 Å². The van der Waals surface area contributed by atoms with E-state index in [1.807, 2.05) is 19.1 Å². The summed E-state index contributed by atoms with van der Waals surface area (Å²) in [6.07, 6.45) is 1.80. The fraction of sp³-hybridized carbons (Fsp3) is 0.105. The highest BCUT2D eigenvalue weighted by molar-refractivity contribution is 5.81. The lowest BCUT2D eigenvalue weighted by atomic mass is 10.0. The van der Waals surface area contributed by atoms with Gasteiger partial charge in [-0.15, -0.1) is 0 Å². The van der Waals surface area contributed by atoms with Crippen LogP contribution in [0.5, 0.6) is 0 Å². The molecule has 3 rings (SSSR count). The Morgan fingerprint density at radius 2 is 1.41 bits per heavy atom. The van der Waals surface area contributed by atoms with Crippen molar-refractivity contribution in [2.24, 2.45) is 5.10 Å². The number of benzene rings is 2. The highest BCUT2D eigenvalue weighted by atomic mass is 16.3. The van der Waals surface area contributed by atoms with Crippen LogP contribution < -0.4 is 5.43 Å². The molecule has 110 valence electrons. The van der Waals surface area contributed by atoms with Crippen molar-refractivity contribution < 1.29 is 4.42 Å². The van der Waals surface area contributed by atoms with Crippen LogP contribution >= 0.6 is 0 Å². The van der Waals surface area contributed by atoms with Crippen LogP contribution in [0.4, 0.5) is 0 Å². The highest BCUT2D eigenvalue weighted by Crippen LogP contribution is 2.26.